The summed E-state index contributed by atoms with van der Waals surface area (Å²) in [5, 5.41) is 17.6. The van der Waals surface area contributed by atoms with Crippen molar-refractivity contribution in [3.63, 3.8) is 0 Å². The number of nitrogens with two attached hydrogens (primary N) is 2. The summed E-state index contributed by atoms with van der Waals surface area (Å²) < 4.78 is 19.2. The van der Waals surface area contributed by atoms with Crippen LogP contribution >= 0.6 is 0 Å². The third-order valence-electron chi connectivity index (χ3n) is 10.5. The van der Waals surface area contributed by atoms with Gasteiger partial charge in [0.2, 0.25) is 29.6 Å². The molecule has 21 heteroatoms. The normalized spacial score (nSPS) is 13.6. The van der Waals surface area contributed by atoms with Crippen LogP contribution in [0.25, 0.3) is 22.1 Å². The third-order valence-corrected chi connectivity index (χ3v) is 10.5. The molecule has 1 aliphatic rings. The predicted molar refractivity (Wildman–Crippen MR) is 238 cm³/mol. The van der Waals surface area contributed by atoms with E-state index in [1.165, 1.54) is 12.1 Å². The van der Waals surface area contributed by atoms with Gasteiger partial charge in [-0.2, -0.15) is 10.2 Å². The Morgan fingerprint density at radius 3 is 2.05 bits per heavy atom. The SMILES string of the molecule is CCn1nc(C)cc1C(=O)Nc1nc2cc(C(N)=O)cc(OCCCNC(=O)CN(C)C)c2n1C/C=C/[C@H]1CCOc2cc(C(N)=O)cc3nc(NC(=O)c4cc(C)nn4CC)n1c23. The van der Waals surface area contributed by atoms with Gasteiger partial charge in [0.15, 0.2) is 0 Å². The van der Waals surface area contributed by atoms with E-state index in [1.54, 1.807) is 71.0 Å². The van der Waals surface area contributed by atoms with Crippen LogP contribution in [0.3, 0.4) is 0 Å². The minimum absolute atomic E-state index is 0.128. The number of benzene rings is 2. The van der Waals surface area contributed by atoms with Gasteiger partial charge < -0.3 is 35.7 Å². The van der Waals surface area contributed by atoms with Crippen LogP contribution in [0.4, 0.5) is 11.9 Å². The molecule has 7 N–H and O–H groups in total. The van der Waals surface area contributed by atoms with Crippen LogP contribution in [0.15, 0.2) is 48.6 Å². The highest BCUT2D eigenvalue weighted by Crippen LogP contribution is 2.38. The van der Waals surface area contributed by atoms with Crippen LogP contribution in [0.2, 0.25) is 0 Å². The van der Waals surface area contributed by atoms with Crippen molar-refractivity contribution in [1.29, 1.82) is 0 Å². The van der Waals surface area contributed by atoms with Crippen molar-refractivity contribution in [3.8, 4) is 11.5 Å². The fourth-order valence-corrected chi connectivity index (χ4v) is 7.63. The molecule has 0 radical (unpaired) electrons. The van der Waals surface area contributed by atoms with Crippen molar-refractivity contribution in [2.24, 2.45) is 11.5 Å². The summed E-state index contributed by atoms with van der Waals surface area (Å²) in [5.41, 5.74) is 15.5. The maximum atomic E-state index is 13.9. The summed E-state index contributed by atoms with van der Waals surface area (Å²) in [6, 6.07) is 9.11. The number of aryl methyl sites for hydroxylation is 4. The Balaban J connectivity index is 1.27. The molecule has 7 rings (SSSR count). The number of aromatic nitrogens is 8. The highest BCUT2D eigenvalue weighted by molar-refractivity contribution is 6.05. The third kappa shape index (κ3) is 9.43. The Bertz CT molecular complexity index is 2810. The number of fused-ring (bicyclic) bond motifs is 1. The zero-order valence-corrected chi connectivity index (χ0v) is 36.6. The van der Waals surface area contributed by atoms with Crippen molar-refractivity contribution in [3.05, 3.63) is 82.5 Å². The molecular weight excluding hydrogens is 825 g/mol. The van der Waals surface area contributed by atoms with Gasteiger partial charge in [-0.05, 0) is 84.6 Å². The molecular formula is C43H52N14O7. The first-order valence-electron chi connectivity index (χ1n) is 20.9. The van der Waals surface area contributed by atoms with Gasteiger partial charge in [0, 0.05) is 43.7 Å². The summed E-state index contributed by atoms with van der Waals surface area (Å²) in [5.74, 6) is -1.35. The number of anilines is 2. The lowest BCUT2D eigenvalue weighted by Gasteiger charge is -2.17. The van der Waals surface area contributed by atoms with Gasteiger partial charge in [-0.15, -0.1) is 0 Å². The summed E-state index contributed by atoms with van der Waals surface area (Å²) in [6.07, 6.45) is 4.68. The number of rotatable bonds is 18. The van der Waals surface area contributed by atoms with E-state index >= 15 is 0 Å². The van der Waals surface area contributed by atoms with Crippen LogP contribution in [-0.4, -0.2) is 113 Å². The van der Waals surface area contributed by atoms with Gasteiger partial charge in [0.05, 0.1) is 48.2 Å². The number of hydrogen-bond donors (Lipinski definition) is 5. The van der Waals surface area contributed by atoms with Crippen molar-refractivity contribution >= 4 is 63.5 Å². The number of ether oxygens (including phenoxy) is 2. The lowest BCUT2D eigenvalue weighted by molar-refractivity contribution is -0.121. The molecule has 64 heavy (non-hydrogen) atoms. The van der Waals surface area contributed by atoms with Crippen LogP contribution in [-0.2, 0) is 24.4 Å². The first kappa shape index (κ1) is 44.5. The fourth-order valence-electron chi connectivity index (χ4n) is 7.63. The van der Waals surface area contributed by atoms with Crippen molar-refractivity contribution in [2.75, 3.05) is 51.0 Å². The van der Waals surface area contributed by atoms with Gasteiger partial charge in [0.1, 0.15) is 33.9 Å². The molecule has 336 valence electrons. The second-order valence-electron chi connectivity index (χ2n) is 15.6. The van der Waals surface area contributed by atoms with E-state index in [1.807, 2.05) is 30.6 Å². The van der Waals surface area contributed by atoms with E-state index in [-0.39, 0.29) is 61.0 Å². The standard InChI is InChI=1S/C43H52N14O7/c1-7-55-31(17-24(3)51-55)40(61)49-42-47-29-19-26(38(44)59)21-33(63-15-10-13-46-35(58)23-53(5)6)36(29)54(42)14-9-11-28-12-16-64-34-22-27(39(45)60)20-30-37(34)57(28)43(48-30)50-41(62)32-18-25(4)52-56(32)8-2/h9,11,17-22,28H,7-8,10,12-16,23H2,1-6H3,(H2,44,59)(H2,45,60)(H,46,58)(H,47,49,61)(H,48,50,62)/b11-9+/t28-/m0/s1. The number of amides is 5. The number of hydrogen-bond acceptors (Lipinski definition) is 12. The lowest BCUT2D eigenvalue weighted by Crippen LogP contribution is -2.34. The average molecular weight is 877 g/mol. The van der Waals surface area contributed by atoms with Gasteiger partial charge in [-0.25, -0.2) is 9.97 Å². The monoisotopic (exact) mass is 876 g/mol. The van der Waals surface area contributed by atoms with Crippen molar-refractivity contribution in [2.45, 2.75) is 66.2 Å². The average Bonchev–Trinajstić information content (AvgIpc) is 3.98. The highest BCUT2D eigenvalue weighted by Gasteiger charge is 2.28. The maximum absolute atomic E-state index is 13.9. The first-order valence-corrected chi connectivity index (χ1v) is 20.9. The van der Waals surface area contributed by atoms with Gasteiger partial charge >= 0.3 is 0 Å². The zero-order valence-electron chi connectivity index (χ0n) is 36.6. The second-order valence-corrected chi connectivity index (χ2v) is 15.6. The van der Waals surface area contributed by atoms with Crippen molar-refractivity contribution < 1.29 is 33.4 Å². The Morgan fingerprint density at radius 2 is 1.44 bits per heavy atom. The largest absolute Gasteiger partial charge is 0.491 e. The van der Waals surface area contributed by atoms with E-state index in [0.717, 1.165) is 0 Å². The Labute approximate surface area is 367 Å². The van der Waals surface area contributed by atoms with E-state index in [9.17, 15) is 24.0 Å². The van der Waals surface area contributed by atoms with Crippen molar-refractivity contribution in [1.82, 2.24) is 48.9 Å². The van der Waals surface area contributed by atoms with Crippen LogP contribution in [0.5, 0.6) is 11.5 Å². The summed E-state index contributed by atoms with van der Waals surface area (Å²) in [6.45, 7) is 9.42. The summed E-state index contributed by atoms with van der Waals surface area (Å²) in [7, 11) is 3.61. The molecule has 2 aromatic carbocycles. The van der Waals surface area contributed by atoms with Gasteiger partial charge in [0.25, 0.3) is 11.8 Å². The van der Waals surface area contributed by atoms with E-state index in [0.29, 0.717) is 83.1 Å². The van der Waals surface area contributed by atoms with Crippen LogP contribution in [0.1, 0.15) is 85.8 Å². The molecule has 0 saturated heterocycles. The first-order chi connectivity index (χ1) is 30.6. The Morgan fingerprint density at radius 1 is 0.844 bits per heavy atom. The molecule has 5 amide bonds. The summed E-state index contributed by atoms with van der Waals surface area (Å²) >= 11 is 0. The van der Waals surface area contributed by atoms with E-state index in [2.05, 4.69) is 26.1 Å². The molecule has 0 unspecified atom stereocenters. The molecule has 0 spiro atoms. The predicted octanol–water partition coefficient (Wildman–Crippen LogP) is 3.16. The molecule has 1 aliphatic heterocycles. The van der Waals surface area contributed by atoms with E-state index in [4.69, 9.17) is 30.9 Å². The molecule has 1 atom stereocenters. The number of imidazole rings is 2. The fraction of sp³-hybridized carbons (Fsp3) is 0.372. The van der Waals surface area contributed by atoms with Gasteiger partial charge in [-0.1, -0.05) is 12.2 Å². The molecule has 5 heterocycles. The quantitative estimate of drug-likeness (QED) is 0.0616. The smallest absolute Gasteiger partial charge is 0.276 e. The highest BCUT2D eigenvalue weighted by atomic mass is 16.5. The van der Waals surface area contributed by atoms with E-state index < -0.39 is 29.7 Å². The summed E-state index contributed by atoms with van der Waals surface area (Å²) in [4.78, 5) is 76.1. The molecule has 0 bridgehead atoms. The molecule has 21 nitrogen and oxygen atoms in total. The topological polar surface area (TPSA) is 266 Å². The number of carbonyl (C=O) groups is 5. The zero-order chi connectivity index (χ0) is 45.8. The van der Waals surface area contributed by atoms with Crippen LogP contribution < -0.4 is 36.9 Å². The van der Waals surface area contributed by atoms with Crippen LogP contribution in [0, 0.1) is 13.8 Å². The molecule has 0 saturated carbocycles. The lowest BCUT2D eigenvalue weighted by atomic mass is 10.1. The Kier molecular flexibility index (Phi) is 13.1. The van der Waals surface area contributed by atoms with Gasteiger partial charge in [-0.3, -0.25) is 48.5 Å². The molecule has 6 aromatic rings. The number of carbonyl (C=O) groups excluding carboxylic acids is 5. The minimum atomic E-state index is -0.701. The molecule has 0 fully saturated rings. The maximum Gasteiger partial charge on any atom is 0.276 e. The number of allylic oxidation sites excluding steroid dienone is 2. The number of likely N-dealkylation sites (N-methyl/N-ethyl adjacent to an activating group) is 1. The number of nitrogens with zero attached hydrogens (tertiary/aromatic N) is 9. The molecule has 4 aromatic heterocycles. The minimum Gasteiger partial charge on any atom is -0.491 e. The molecule has 0 aliphatic carbocycles. The Hall–Kier alpha value is -7.55. The second kappa shape index (κ2) is 18.8. The number of primary amides is 2. The number of nitrogens with one attached hydrogen (secondary N) is 3.